The number of amides is 1. The van der Waals surface area contributed by atoms with Crippen LogP contribution in [-0.2, 0) is 11.2 Å². The second kappa shape index (κ2) is 13.8. The standard InChI is InChI=1S/C30H36N4O3S2/c1-4-5-6-7-8-9-17-31-27-24(28(35)34-20-21(2)10-15-26(34)32-27)19-25-29(36)33(30(38)39-25)18-16-22-11-13-23(37-3)14-12-22/h10-15,19-20,31H,4-9,16-18H2,1-3H3. The highest BCUT2D eigenvalue weighted by Crippen LogP contribution is 2.33. The lowest BCUT2D eigenvalue weighted by atomic mass is 10.1. The van der Waals surface area contributed by atoms with Gasteiger partial charge in [0.1, 0.15) is 21.5 Å². The van der Waals surface area contributed by atoms with E-state index in [2.05, 4.69) is 12.2 Å². The van der Waals surface area contributed by atoms with E-state index in [1.807, 2.05) is 43.3 Å². The maximum absolute atomic E-state index is 13.6. The smallest absolute Gasteiger partial charge is 0.267 e. The van der Waals surface area contributed by atoms with Crippen molar-refractivity contribution in [2.45, 2.75) is 58.8 Å². The SMILES string of the molecule is CCCCCCCCNc1nc2ccc(C)cn2c(=O)c1C=C1SC(=S)N(CCc2ccc(OC)cc2)C1=O. The number of aryl methyl sites for hydroxylation is 1. The number of aromatic nitrogens is 2. The number of methoxy groups -OCH3 is 1. The molecule has 1 amide bonds. The molecule has 0 unspecified atom stereocenters. The molecular formula is C30H36N4O3S2. The quantitative estimate of drug-likeness (QED) is 0.150. The fourth-order valence-corrected chi connectivity index (χ4v) is 5.78. The van der Waals surface area contributed by atoms with Gasteiger partial charge in [-0.1, -0.05) is 81.2 Å². The molecule has 2 aromatic heterocycles. The van der Waals surface area contributed by atoms with E-state index in [9.17, 15) is 9.59 Å². The minimum Gasteiger partial charge on any atom is -0.497 e. The van der Waals surface area contributed by atoms with Gasteiger partial charge < -0.3 is 10.1 Å². The predicted octanol–water partition coefficient (Wildman–Crippen LogP) is 6.23. The molecule has 206 valence electrons. The molecule has 3 aromatic rings. The fraction of sp³-hybridized carbons (Fsp3) is 0.400. The lowest BCUT2D eigenvalue weighted by molar-refractivity contribution is -0.122. The number of nitrogens with zero attached hydrogens (tertiary/aromatic N) is 3. The molecule has 0 atom stereocenters. The number of carbonyl (C=O) groups is 1. The minimum atomic E-state index is -0.211. The number of benzene rings is 1. The highest BCUT2D eigenvalue weighted by molar-refractivity contribution is 8.26. The summed E-state index contributed by atoms with van der Waals surface area (Å²) in [6.07, 6.45) is 11.1. The summed E-state index contributed by atoms with van der Waals surface area (Å²) in [4.78, 5) is 33.7. The number of thioether (sulfide) groups is 1. The molecule has 0 saturated carbocycles. The number of pyridine rings is 1. The van der Waals surface area contributed by atoms with Gasteiger partial charge in [0.2, 0.25) is 0 Å². The largest absolute Gasteiger partial charge is 0.497 e. The molecule has 1 fully saturated rings. The molecule has 7 nitrogen and oxygen atoms in total. The Hall–Kier alpha value is -3.17. The molecule has 0 aliphatic carbocycles. The van der Waals surface area contributed by atoms with Crippen molar-refractivity contribution >= 4 is 51.7 Å². The van der Waals surface area contributed by atoms with E-state index in [4.69, 9.17) is 21.9 Å². The molecule has 0 radical (unpaired) electrons. The van der Waals surface area contributed by atoms with Gasteiger partial charge in [0.25, 0.3) is 11.5 Å². The molecule has 1 aliphatic heterocycles. The first-order chi connectivity index (χ1) is 18.9. The number of hydrogen-bond donors (Lipinski definition) is 1. The summed E-state index contributed by atoms with van der Waals surface area (Å²) in [6.45, 7) is 5.32. The molecular weight excluding hydrogens is 528 g/mol. The van der Waals surface area contributed by atoms with E-state index in [0.29, 0.717) is 45.8 Å². The molecule has 1 saturated heterocycles. The summed E-state index contributed by atoms with van der Waals surface area (Å²) in [5.74, 6) is 1.11. The van der Waals surface area contributed by atoms with E-state index in [-0.39, 0.29) is 11.5 Å². The topological polar surface area (TPSA) is 75.9 Å². The second-order valence-corrected chi connectivity index (χ2v) is 11.4. The van der Waals surface area contributed by atoms with Crippen molar-refractivity contribution in [2.24, 2.45) is 0 Å². The molecule has 1 N–H and O–H groups in total. The number of thiocarbonyl (C=S) groups is 1. The average Bonchev–Trinajstić information content (AvgIpc) is 3.21. The third-order valence-electron chi connectivity index (χ3n) is 6.76. The van der Waals surface area contributed by atoms with Crippen molar-refractivity contribution in [3.05, 3.63) is 74.5 Å². The van der Waals surface area contributed by atoms with Crippen LogP contribution in [0.3, 0.4) is 0 Å². The van der Waals surface area contributed by atoms with Gasteiger partial charge in [-0.2, -0.15) is 0 Å². The van der Waals surface area contributed by atoms with Gasteiger partial charge in [0, 0.05) is 19.3 Å². The van der Waals surface area contributed by atoms with Crippen LogP contribution in [0.4, 0.5) is 5.82 Å². The molecule has 4 rings (SSSR count). The summed E-state index contributed by atoms with van der Waals surface area (Å²) in [6, 6.07) is 11.6. The zero-order valence-corrected chi connectivity index (χ0v) is 24.5. The number of carbonyl (C=O) groups excluding carboxylic acids is 1. The monoisotopic (exact) mass is 564 g/mol. The number of ether oxygens (including phenoxy) is 1. The number of fused-ring (bicyclic) bond motifs is 1. The number of unbranched alkanes of at least 4 members (excludes halogenated alkanes) is 5. The van der Waals surface area contributed by atoms with Crippen molar-refractivity contribution in [1.82, 2.24) is 14.3 Å². The van der Waals surface area contributed by atoms with Crippen LogP contribution in [0.1, 0.15) is 62.1 Å². The van der Waals surface area contributed by atoms with Gasteiger partial charge in [-0.3, -0.25) is 18.9 Å². The number of hydrogen-bond acceptors (Lipinski definition) is 7. The lowest BCUT2D eigenvalue weighted by Crippen LogP contribution is -2.30. The van der Waals surface area contributed by atoms with E-state index in [0.717, 1.165) is 29.7 Å². The first-order valence-electron chi connectivity index (χ1n) is 13.6. The highest BCUT2D eigenvalue weighted by Gasteiger charge is 2.32. The third kappa shape index (κ3) is 7.28. The summed E-state index contributed by atoms with van der Waals surface area (Å²) in [5, 5.41) is 3.37. The van der Waals surface area contributed by atoms with Crippen LogP contribution >= 0.6 is 24.0 Å². The third-order valence-corrected chi connectivity index (χ3v) is 8.14. The zero-order chi connectivity index (χ0) is 27.8. The van der Waals surface area contributed by atoms with Gasteiger partial charge in [0.15, 0.2) is 0 Å². The molecule has 3 heterocycles. The average molecular weight is 565 g/mol. The van der Waals surface area contributed by atoms with Crippen LogP contribution in [0, 0.1) is 6.92 Å². The molecule has 39 heavy (non-hydrogen) atoms. The van der Waals surface area contributed by atoms with Crippen LogP contribution in [0.5, 0.6) is 5.75 Å². The Morgan fingerprint density at radius 2 is 1.79 bits per heavy atom. The molecule has 0 spiro atoms. The Labute approximate surface area is 239 Å². The van der Waals surface area contributed by atoms with Crippen molar-refractivity contribution in [3.63, 3.8) is 0 Å². The van der Waals surface area contributed by atoms with Crippen molar-refractivity contribution < 1.29 is 9.53 Å². The van der Waals surface area contributed by atoms with Crippen LogP contribution < -0.4 is 15.6 Å². The number of nitrogens with one attached hydrogen (secondary N) is 1. The van der Waals surface area contributed by atoms with Crippen molar-refractivity contribution in [1.29, 1.82) is 0 Å². The van der Waals surface area contributed by atoms with Gasteiger partial charge in [-0.15, -0.1) is 0 Å². The Morgan fingerprint density at radius 1 is 1.05 bits per heavy atom. The summed E-state index contributed by atoms with van der Waals surface area (Å²) < 4.78 is 7.26. The summed E-state index contributed by atoms with van der Waals surface area (Å²) >= 11 is 6.78. The van der Waals surface area contributed by atoms with E-state index in [1.165, 1.54) is 37.4 Å². The van der Waals surface area contributed by atoms with Crippen LogP contribution in [-0.4, -0.2) is 44.7 Å². The molecule has 0 bridgehead atoms. The van der Waals surface area contributed by atoms with Gasteiger partial charge in [0.05, 0.1) is 17.6 Å². The van der Waals surface area contributed by atoms with Crippen molar-refractivity contribution in [3.8, 4) is 5.75 Å². The van der Waals surface area contributed by atoms with E-state index < -0.39 is 0 Å². The van der Waals surface area contributed by atoms with Gasteiger partial charge in [-0.05, 0) is 55.2 Å². The van der Waals surface area contributed by atoms with Gasteiger partial charge in [-0.25, -0.2) is 4.98 Å². The first kappa shape index (κ1) is 28.8. The normalized spacial score (nSPS) is 14.5. The first-order valence-corrected chi connectivity index (χ1v) is 14.8. The Balaban J connectivity index is 1.54. The highest BCUT2D eigenvalue weighted by atomic mass is 32.2. The summed E-state index contributed by atoms with van der Waals surface area (Å²) in [5.41, 5.74) is 2.77. The number of anilines is 1. The van der Waals surface area contributed by atoms with Crippen molar-refractivity contribution in [2.75, 3.05) is 25.5 Å². The lowest BCUT2D eigenvalue weighted by Gasteiger charge is -2.14. The van der Waals surface area contributed by atoms with Crippen LogP contribution in [0.2, 0.25) is 0 Å². The van der Waals surface area contributed by atoms with Gasteiger partial charge >= 0.3 is 0 Å². The maximum atomic E-state index is 13.6. The molecule has 9 heteroatoms. The second-order valence-electron chi connectivity index (χ2n) is 9.74. The zero-order valence-electron chi connectivity index (χ0n) is 22.9. The molecule has 1 aromatic carbocycles. The number of rotatable bonds is 13. The van der Waals surface area contributed by atoms with E-state index >= 15 is 0 Å². The van der Waals surface area contributed by atoms with Crippen LogP contribution in [0.15, 0.2) is 52.3 Å². The maximum Gasteiger partial charge on any atom is 0.267 e. The summed E-state index contributed by atoms with van der Waals surface area (Å²) in [7, 11) is 1.63. The Bertz CT molecular complexity index is 1420. The molecule has 1 aliphatic rings. The Kier molecular flexibility index (Phi) is 10.2. The van der Waals surface area contributed by atoms with E-state index in [1.54, 1.807) is 28.7 Å². The Morgan fingerprint density at radius 3 is 2.54 bits per heavy atom. The van der Waals surface area contributed by atoms with Crippen LogP contribution in [0.25, 0.3) is 11.7 Å². The fourth-order valence-electron chi connectivity index (χ4n) is 4.49. The predicted molar refractivity (Wildman–Crippen MR) is 165 cm³/mol. The minimum absolute atomic E-state index is 0.186.